The molecule has 5 heteroatoms. The van der Waals surface area contributed by atoms with E-state index in [2.05, 4.69) is 0 Å². The van der Waals surface area contributed by atoms with Crippen molar-refractivity contribution in [2.24, 2.45) is 0 Å². The zero-order valence-corrected chi connectivity index (χ0v) is 14.6. The second-order valence-electron chi connectivity index (χ2n) is 7.12. The predicted octanol–water partition coefficient (Wildman–Crippen LogP) is 5.08. The molecular formula is C19H27F2NO2. The average molecular weight is 339 g/mol. The molecular weight excluding hydrogens is 312 g/mol. The van der Waals surface area contributed by atoms with E-state index in [-0.39, 0.29) is 6.09 Å². The minimum Gasteiger partial charge on any atom is -0.443 e. The lowest BCUT2D eigenvalue weighted by Crippen LogP contribution is -2.40. The van der Waals surface area contributed by atoms with E-state index in [0.29, 0.717) is 12.0 Å². The maximum atomic E-state index is 13.6. The Bertz CT molecular complexity index is 554. The van der Waals surface area contributed by atoms with Gasteiger partial charge in [-0.3, -0.25) is 0 Å². The van der Waals surface area contributed by atoms with Gasteiger partial charge in [0.15, 0.2) is 0 Å². The van der Waals surface area contributed by atoms with Crippen LogP contribution in [0.5, 0.6) is 0 Å². The summed E-state index contributed by atoms with van der Waals surface area (Å²) in [5.74, 6) is -1.05. The van der Waals surface area contributed by atoms with Gasteiger partial charge in [0.05, 0.1) is 0 Å². The Morgan fingerprint density at radius 1 is 1.17 bits per heavy atom. The Balaban J connectivity index is 1.72. The van der Waals surface area contributed by atoms with Crippen molar-refractivity contribution in [2.75, 3.05) is 13.1 Å². The lowest BCUT2D eigenvalue weighted by Gasteiger charge is -2.31. The van der Waals surface area contributed by atoms with Gasteiger partial charge in [-0.2, -0.15) is 0 Å². The molecule has 1 amide bonds. The van der Waals surface area contributed by atoms with Gasteiger partial charge in [0.25, 0.3) is 0 Å². The highest BCUT2D eigenvalue weighted by Crippen LogP contribution is 2.22. The Labute approximate surface area is 143 Å². The molecule has 0 bridgehead atoms. The summed E-state index contributed by atoms with van der Waals surface area (Å²) in [7, 11) is 0. The van der Waals surface area contributed by atoms with E-state index in [4.69, 9.17) is 4.74 Å². The van der Waals surface area contributed by atoms with Crippen LogP contribution >= 0.6 is 0 Å². The van der Waals surface area contributed by atoms with Crippen molar-refractivity contribution in [1.82, 2.24) is 4.90 Å². The van der Waals surface area contributed by atoms with Crippen molar-refractivity contribution < 1.29 is 18.3 Å². The molecule has 1 fully saturated rings. The average Bonchev–Trinajstić information content (AvgIpc) is 2.53. The molecule has 1 aromatic rings. The molecule has 0 atom stereocenters. The van der Waals surface area contributed by atoms with E-state index in [1.807, 2.05) is 13.8 Å². The van der Waals surface area contributed by atoms with Gasteiger partial charge in [-0.05, 0) is 70.4 Å². The number of likely N-dealkylation sites (tertiary alicyclic amines) is 1. The first-order chi connectivity index (χ1) is 11.4. The first kappa shape index (κ1) is 18.7. The second-order valence-corrected chi connectivity index (χ2v) is 7.12. The summed E-state index contributed by atoms with van der Waals surface area (Å²) in [5, 5.41) is 0. The number of benzene rings is 1. The predicted molar refractivity (Wildman–Crippen MR) is 89.9 cm³/mol. The third kappa shape index (κ3) is 5.77. The third-order valence-corrected chi connectivity index (χ3v) is 4.47. The standard InChI is InChI=1S/C19H27F2NO2/c1-19(2,24-18(23)22-12-6-3-7-13-22)11-5-4-8-15-9-10-16(20)14-17(15)21/h9-10,14H,3-8,11-13H2,1-2H3. The normalized spacial score (nSPS) is 15.4. The lowest BCUT2D eigenvalue weighted by molar-refractivity contribution is 0.00432. The van der Waals surface area contributed by atoms with E-state index in [1.54, 1.807) is 4.90 Å². The molecule has 1 saturated heterocycles. The highest BCUT2D eigenvalue weighted by Gasteiger charge is 2.26. The molecule has 3 nitrogen and oxygen atoms in total. The van der Waals surface area contributed by atoms with Crippen LogP contribution in [0.2, 0.25) is 0 Å². The lowest BCUT2D eigenvalue weighted by atomic mass is 9.98. The van der Waals surface area contributed by atoms with Gasteiger partial charge in [-0.25, -0.2) is 13.6 Å². The number of unbranched alkanes of at least 4 members (excludes halogenated alkanes) is 1. The molecule has 2 rings (SSSR count). The highest BCUT2D eigenvalue weighted by molar-refractivity contribution is 5.68. The first-order valence-electron chi connectivity index (χ1n) is 8.79. The maximum absolute atomic E-state index is 13.6. The molecule has 0 aliphatic carbocycles. The van der Waals surface area contributed by atoms with Gasteiger partial charge >= 0.3 is 6.09 Å². The maximum Gasteiger partial charge on any atom is 0.410 e. The molecule has 0 unspecified atom stereocenters. The summed E-state index contributed by atoms with van der Waals surface area (Å²) in [4.78, 5) is 13.9. The molecule has 134 valence electrons. The van der Waals surface area contributed by atoms with Crippen LogP contribution in [0.1, 0.15) is 57.9 Å². The zero-order valence-electron chi connectivity index (χ0n) is 14.6. The summed E-state index contributed by atoms with van der Waals surface area (Å²) in [6, 6.07) is 3.69. The minimum absolute atomic E-state index is 0.232. The van der Waals surface area contributed by atoms with Crippen molar-refractivity contribution in [1.29, 1.82) is 0 Å². The Morgan fingerprint density at radius 3 is 2.54 bits per heavy atom. The van der Waals surface area contributed by atoms with E-state index in [1.165, 1.54) is 18.6 Å². The van der Waals surface area contributed by atoms with Crippen LogP contribution in [0, 0.1) is 11.6 Å². The fraction of sp³-hybridized carbons (Fsp3) is 0.632. The molecule has 1 aliphatic rings. The van der Waals surface area contributed by atoms with Gasteiger partial charge in [0.1, 0.15) is 17.2 Å². The molecule has 1 aliphatic heterocycles. The highest BCUT2D eigenvalue weighted by atomic mass is 19.1. The smallest absolute Gasteiger partial charge is 0.410 e. The number of amides is 1. The number of ether oxygens (including phenoxy) is 1. The number of rotatable bonds is 6. The van der Waals surface area contributed by atoms with Crippen LogP contribution < -0.4 is 0 Å². The van der Waals surface area contributed by atoms with Gasteiger partial charge in [-0.15, -0.1) is 0 Å². The van der Waals surface area contributed by atoms with Crippen LogP contribution in [-0.2, 0) is 11.2 Å². The van der Waals surface area contributed by atoms with Crippen molar-refractivity contribution in [2.45, 2.75) is 64.4 Å². The van der Waals surface area contributed by atoms with Gasteiger partial charge < -0.3 is 9.64 Å². The molecule has 0 spiro atoms. The number of aryl methyl sites for hydroxylation is 1. The van der Waals surface area contributed by atoms with Gasteiger partial charge in [0, 0.05) is 19.2 Å². The molecule has 0 aromatic heterocycles. The Kier molecular flexibility index (Phi) is 6.58. The Morgan fingerprint density at radius 2 is 1.88 bits per heavy atom. The quantitative estimate of drug-likeness (QED) is 0.677. The zero-order chi connectivity index (χ0) is 17.6. The first-order valence-corrected chi connectivity index (χ1v) is 8.79. The summed E-state index contributed by atoms with van der Waals surface area (Å²) in [5.41, 5.74) is -0.00454. The fourth-order valence-electron chi connectivity index (χ4n) is 3.02. The van der Waals surface area contributed by atoms with Crippen molar-refractivity contribution in [3.05, 3.63) is 35.4 Å². The fourth-order valence-corrected chi connectivity index (χ4v) is 3.02. The number of halogens is 2. The summed E-state index contributed by atoms with van der Waals surface area (Å²) < 4.78 is 32.1. The summed E-state index contributed by atoms with van der Waals surface area (Å²) >= 11 is 0. The SMILES string of the molecule is CC(C)(CCCCc1ccc(F)cc1F)OC(=O)N1CCCCC1. The Hall–Kier alpha value is -1.65. The monoisotopic (exact) mass is 339 g/mol. The minimum atomic E-state index is -0.554. The van der Waals surface area contributed by atoms with Crippen LogP contribution in [0.25, 0.3) is 0 Å². The second kappa shape index (κ2) is 8.45. The third-order valence-electron chi connectivity index (χ3n) is 4.47. The van der Waals surface area contributed by atoms with Crippen molar-refractivity contribution >= 4 is 6.09 Å². The van der Waals surface area contributed by atoms with E-state index >= 15 is 0 Å². The van der Waals surface area contributed by atoms with Crippen LogP contribution in [0.4, 0.5) is 13.6 Å². The topological polar surface area (TPSA) is 29.5 Å². The van der Waals surface area contributed by atoms with E-state index < -0.39 is 17.2 Å². The van der Waals surface area contributed by atoms with Crippen LogP contribution in [0.3, 0.4) is 0 Å². The van der Waals surface area contributed by atoms with Crippen molar-refractivity contribution in [3.8, 4) is 0 Å². The van der Waals surface area contributed by atoms with Crippen LogP contribution in [-0.4, -0.2) is 29.7 Å². The van der Waals surface area contributed by atoms with Gasteiger partial charge in [-0.1, -0.05) is 6.07 Å². The molecule has 0 saturated carbocycles. The largest absolute Gasteiger partial charge is 0.443 e. The van der Waals surface area contributed by atoms with Crippen molar-refractivity contribution in [3.63, 3.8) is 0 Å². The number of carbonyl (C=O) groups is 1. The number of nitrogens with zero attached hydrogens (tertiary/aromatic N) is 1. The van der Waals surface area contributed by atoms with Crippen LogP contribution in [0.15, 0.2) is 18.2 Å². The van der Waals surface area contributed by atoms with Gasteiger partial charge in [0.2, 0.25) is 0 Å². The summed E-state index contributed by atoms with van der Waals surface area (Å²) in [6.07, 6.45) is 5.89. The molecule has 0 radical (unpaired) electrons. The molecule has 24 heavy (non-hydrogen) atoms. The number of piperidine rings is 1. The van der Waals surface area contributed by atoms with E-state index in [9.17, 15) is 13.6 Å². The number of hydrogen-bond donors (Lipinski definition) is 0. The molecule has 0 N–H and O–H groups in total. The van der Waals surface area contributed by atoms with E-state index in [0.717, 1.165) is 51.3 Å². The number of hydrogen-bond acceptors (Lipinski definition) is 2. The molecule has 1 heterocycles. The number of carbonyl (C=O) groups excluding carboxylic acids is 1. The molecule has 1 aromatic carbocycles. The summed E-state index contributed by atoms with van der Waals surface area (Å²) in [6.45, 7) is 5.37.